The molecule has 0 aliphatic heterocycles. The molecule has 4 aliphatic rings. The maximum Gasteiger partial charge on any atom is 0.133 e. The van der Waals surface area contributed by atoms with E-state index < -0.39 is 0 Å². The number of carbonyl (C=O) groups is 1. The van der Waals surface area contributed by atoms with Crippen LogP contribution in [0.15, 0.2) is 0 Å². The van der Waals surface area contributed by atoms with Gasteiger partial charge >= 0.3 is 0 Å². The molecular weight excluding hydrogens is 280 g/mol. The van der Waals surface area contributed by atoms with Crippen molar-refractivity contribution in [2.45, 2.75) is 86.0 Å². The van der Waals surface area contributed by atoms with E-state index >= 15 is 0 Å². The van der Waals surface area contributed by atoms with Crippen molar-refractivity contribution in [3.8, 4) is 0 Å². The average molecular weight is 317 g/mol. The number of Topliss-reactive ketones (excluding diaryl/α,β-unsaturated/α-hetero) is 1. The summed E-state index contributed by atoms with van der Waals surface area (Å²) in [4.78, 5) is 12.1. The Morgan fingerprint density at radius 2 is 1.61 bits per heavy atom. The zero-order valence-corrected chi connectivity index (χ0v) is 16.0. The van der Waals surface area contributed by atoms with E-state index in [1.54, 1.807) is 0 Å². The lowest BCUT2D eigenvalue weighted by Gasteiger charge is -2.62. The standard InChI is InChI=1S/C22H36O/c1-14-12-16-17(21(4)10-6-15(23)13-19(14)21)8-11-22(5)18(16)7-9-20(22,2)3/h14,16-19H,6-13H2,1-5H3/t14?,16?,17?,18?,19-,21?,22?/m0/s1. The summed E-state index contributed by atoms with van der Waals surface area (Å²) in [7, 11) is 0. The highest BCUT2D eigenvalue weighted by atomic mass is 16.1. The van der Waals surface area contributed by atoms with Crippen LogP contribution in [0, 0.1) is 45.8 Å². The van der Waals surface area contributed by atoms with Crippen LogP contribution in [0.25, 0.3) is 0 Å². The molecule has 4 aliphatic carbocycles. The summed E-state index contributed by atoms with van der Waals surface area (Å²) >= 11 is 0. The molecule has 0 aromatic carbocycles. The number of carbonyl (C=O) groups excluding carboxylic acids is 1. The van der Waals surface area contributed by atoms with Crippen LogP contribution >= 0.6 is 0 Å². The third-order valence-corrected chi connectivity index (χ3v) is 9.87. The number of hydrogen-bond acceptors (Lipinski definition) is 1. The van der Waals surface area contributed by atoms with Gasteiger partial charge in [-0.25, -0.2) is 0 Å². The van der Waals surface area contributed by atoms with Crippen molar-refractivity contribution < 1.29 is 4.79 Å². The zero-order valence-electron chi connectivity index (χ0n) is 16.0. The Hall–Kier alpha value is -0.330. The van der Waals surface area contributed by atoms with E-state index in [0.717, 1.165) is 36.5 Å². The fourth-order valence-electron chi connectivity index (χ4n) is 8.01. The van der Waals surface area contributed by atoms with Gasteiger partial charge in [0, 0.05) is 12.8 Å². The van der Waals surface area contributed by atoms with Gasteiger partial charge in [-0.2, -0.15) is 0 Å². The zero-order chi connectivity index (χ0) is 16.6. The highest BCUT2D eigenvalue weighted by Crippen LogP contribution is 2.70. The van der Waals surface area contributed by atoms with Gasteiger partial charge in [0.15, 0.2) is 0 Å². The summed E-state index contributed by atoms with van der Waals surface area (Å²) in [5, 5.41) is 0. The minimum atomic E-state index is 0.449. The summed E-state index contributed by atoms with van der Waals surface area (Å²) in [6.45, 7) is 12.7. The Labute approximate surface area is 143 Å². The van der Waals surface area contributed by atoms with Gasteiger partial charge in [-0.15, -0.1) is 0 Å². The van der Waals surface area contributed by atoms with Gasteiger partial charge in [0.05, 0.1) is 0 Å². The predicted molar refractivity (Wildman–Crippen MR) is 95.1 cm³/mol. The fraction of sp³-hybridized carbons (Fsp3) is 0.955. The second-order valence-corrected chi connectivity index (χ2v) is 10.8. The van der Waals surface area contributed by atoms with Crippen molar-refractivity contribution >= 4 is 5.78 Å². The molecule has 0 aromatic rings. The molecule has 0 spiro atoms. The molecule has 0 bridgehead atoms. The maximum atomic E-state index is 12.1. The summed E-state index contributed by atoms with van der Waals surface area (Å²) in [5.41, 5.74) is 1.53. The van der Waals surface area contributed by atoms with Gasteiger partial charge < -0.3 is 0 Å². The van der Waals surface area contributed by atoms with Crippen molar-refractivity contribution in [1.82, 2.24) is 0 Å². The lowest BCUT2D eigenvalue weighted by atomic mass is 9.42. The third kappa shape index (κ3) is 2.00. The first-order valence-corrected chi connectivity index (χ1v) is 10.2. The van der Waals surface area contributed by atoms with Gasteiger partial charge in [-0.1, -0.05) is 34.6 Å². The second kappa shape index (κ2) is 4.85. The smallest absolute Gasteiger partial charge is 0.133 e. The van der Waals surface area contributed by atoms with Crippen LogP contribution in [0.4, 0.5) is 0 Å². The second-order valence-electron chi connectivity index (χ2n) is 10.8. The van der Waals surface area contributed by atoms with E-state index in [9.17, 15) is 4.79 Å². The number of fused-ring (bicyclic) bond motifs is 5. The summed E-state index contributed by atoms with van der Waals surface area (Å²) in [6, 6.07) is 0. The number of hydrogen-bond donors (Lipinski definition) is 0. The lowest BCUT2D eigenvalue weighted by Crippen LogP contribution is -2.56. The maximum absolute atomic E-state index is 12.1. The Kier molecular flexibility index (Phi) is 3.41. The molecule has 0 amide bonds. The Morgan fingerprint density at radius 3 is 2.35 bits per heavy atom. The topological polar surface area (TPSA) is 17.1 Å². The quantitative estimate of drug-likeness (QED) is 0.546. The van der Waals surface area contributed by atoms with E-state index in [1.807, 2.05) is 0 Å². The van der Waals surface area contributed by atoms with Gasteiger partial charge in [-0.05, 0) is 84.4 Å². The van der Waals surface area contributed by atoms with Gasteiger partial charge in [-0.3, -0.25) is 4.79 Å². The first kappa shape index (κ1) is 16.2. The molecule has 6 unspecified atom stereocenters. The molecule has 130 valence electrons. The molecule has 4 saturated carbocycles. The molecule has 7 atom stereocenters. The minimum Gasteiger partial charge on any atom is -0.300 e. The summed E-state index contributed by atoms with van der Waals surface area (Å²) in [5.74, 6) is 4.72. The van der Waals surface area contributed by atoms with Crippen molar-refractivity contribution in [1.29, 1.82) is 0 Å². The van der Waals surface area contributed by atoms with Crippen molar-refractivity contribution in [2.75, 3.05) is 0 Å². The molecule has 0 radical (unpaired) electrons. The average Bonchev–Trinajstić information content (AvgIpc) is 2.72. The molecule has 4 fully saturated rings. The highest BCUT2D eigenvalue weighted by molar-refractivity contribution is 5.79. The van der Waals surface area contributed by atoms with Crippen molar-refractivity contribution in [2.24, 2.45) is 45.8 Å². The van der Waals surface area contributed by atoms with Crippen LogP contribution < -0.4 is 0 Å². The van der Waals surface area contributed by atoms with E-state index in [2.05, 4.69) is 34.6 Å². The van der Waals surface area contributed by atoms with Gasteiger partial charge in [0.25, 0.3) is 0 Å². The molecule has 1 heteroatoms. The summed E-state index contributed by atoms with van der Waals surface area (Å²) < 4.78 is 0. The van der Waals surface area contributed by atoms with Crippen LogP contribution in [0.1, 0.15) is 86.0 Å². The molecule has 4 rings (SSSR count). The highest BCUT2D eigenvalue weighted by Gasteiger charge is 2.63. The molecule has 0 aromatic heterocycles. The minimum absolute atomic E-state index is 0.449. The first-order valence-electron chi connectivity index (χ1n) is 10.2. The van der Waals surface area contributed by atoms with Crippen molar-refractivity contribution in [3.05, 3.63) is 0 Å². The van der Waals surface area contributed by atoms with Crippen LogP contribution in [-0.4, -0.2) is 5.78 Å². The molecule has 23 heavy (non-hydrogen) atoms. The molecule has 1 nitrogen and oxygen atoms in total. The molecular formula is C22H36O. The summed E-state index contributed by atoms with van der Waals surface area (Å²) in [6.07, 6.45) is 10.0. The van der Waals surface area contributed by atoms with Crippen LogP contribution in [0.3, 0.4) is 0 Å². The van der Waals surface area contributed by atoms with Crippen LogP contribution in [0.5, 0.6) is 0 Å². The Morgan fingerprint density at radius 1 is 0.913 bits per heavy atom. The predicted octanol–water partition coefficient (Wildman–Crippen LogP) is 5.87. The Balaban J connectivity index is 1.69. The van der Waals surface area contributed by atoms with E-state index in [-0.39, 0.29) is 0 Å². The Bertz CT molecular complexity index is 520. The molecule has 0 N–H and O–H groups in total. The number of ketones is 1. The van der Waals surface area contributed by atoms with Gasteiger partial charge in [0.1, 0.15) is 5.78 Å². The van der Waals surface area contributed by atoms with E-state index in [4.69, 9.17) is 0 Å². The van der Waals surface area contributed by atoms with Gasteiger partial charge in [0.2, 0.25) is 0 Å². The van der Waals surface area contributed by atoms with Crippen LogP contribution in [0.2, 0.25) is 0 Å². The number of rotatable bonds is 0. The molecule has 0 saturated heterocycles. The van der Waals surface area contributed by atoms with E-state index in [0.29, 0.717) is 27.9 Å². The lowest BCUT2D eigenvalue weighted by molar-refractivity contribution is -0.152. The van der Waals surface area contributed by atoms with Crippen molar-refractivity contribution in [3.63, 3.8) is 0 Å². The largest absolute Gasteiger partial charge is 0.300 e. The molecule has 0 heterocycles. The SMILES string of the molecule is CC1CC2C(CCC3(C)C2CCC3(C)C)C2(C)CCC(=O)C[C@@H]12. The van der Waals surface area contributed by atoms with Crippen LogP contribution in [-0.2, 0) is 4.79 Å². The van der Waals surface area contributed by atoms with E-state index in [1.165, 1.54) is 38.5 Å². The fourth-order valence-corrected chi connectivity index (χ4v) is 8.01. The first-order chi connectivity index (χ1) is 10.7. The third-order valence-electron chi connectivity index (χ3n) is 9.87. The monoisotopic (exact) mass is 316 g/mol. The normalized spacial score (nSPS) is 55.0.